The smallest absolute Gasteiger partial charge is 0.343 e. The van der Waals surface area contributed by atoms with Crippen molar-refractivity contribution >= 4 is 23.5 Å². The van der Waals surface area contributed by atoms with Crippen molar-refractivity contribution in [2.45, 2.75) is 58.0 Å². The van der Waals surface area contributed by atoms with E-state index < -0.39 is 35.6 Å². The van der Waals surface area contributed by atoms with Crippen LogP contribution in [0.2, 0.25) is 0 Å². The Morgan fingerprint density at radius 1 is 1.05 bits per heavy atom. The van der Waals surface area contributed by atoms with E-state index in [1.54, 1.807) is 20.9 Å². The van der Waals surface area contributed by atoms with Crippen molar-refractivity contribution in [3.63, 3.8) is 0 Å². The molecule has 2 atom stereocenters. The molecule has 0 fully saturated rings. The summed E-state index contributed by atoms with van der Waals surface area (Å²) in [6, 6.07) is 16.4. The molecule has 0 saturated carbocycles. The largest absolute Gasteiger partial charge is 0.416 e. The molecule has 0 aromatic heterocycles. The lowest BCUT2D eigenvalue weighted by molar-refractivity contribution is -0.137. The Bertz CT molecular complexity index is 1470. The minimum Gasteiger partial charge on any atom is -0.343 e. The number of alkyl halides is 3. The predicted octanol–water partition coefficient (Wildman–Crippen LogP) is 4.75. The fourth-order valence-electron chi connectivity index (χ4n) is 5.02. The van der Waals surface area contributed by atoms with Crippen molar-refractivity contribution in [1.29, 1.82) is 0 Å². The molecule has 5 N–H and O–H groups in total. The first kappa shape index (κ1) is 31.6. The molecule has 1 heterocycles. The lowest BCUT2D eigenvalue weighted by Gasteiger charge is -2.28. The summed E-state index contributed by atoms with van der Waals surface area (Å²) in [5, 5.41) is 8.04. The molecule has 1 unspecified atom stereocenters. The fraction of sp³-hybridized carbons (Fsp3) is 0.344. The van der Waals surface area contributed by atoms with Gasteiger partial charge >= 0.3 is 12.2 Å². The van der Waals surface area contributed by atoms with E-state index in [0.29, 0.717) is 17.8 Å². The van der Waals surface area contributed by atoms with Crippen molar-refractivity contribution < 1.29 is 27.6 Å². The number of nitrogens with one attached hydrogen (secondary N) is 3. The summed E-state index contributed by atoms with van der Waals surface area (Å²) in [7, 11) is 1.54. The van der Waals surface area contributed by atoms with Crippen LogP contribution in [0.1, 0.15) is 42.5 Å². The molecule has 3 aromatic rings. The number of anilines is 1. The number of carbonyl (C=O) groups excluding carboxylic acids is 3. The van der Waals surface area contributed by atoms with Crippen LogP contribution in [0.25, 0.3) is 11.1 Å². The molecule has 11 heteroatoms. The molecule has 0 aliphatic carbocycles. The fourth-order valence-corrected chi connectivity index (χ4v) is 5.02. The van der Waals surface area contributed by atoms with Gasteiger partial charge < -0.3 is 26.6 Å². The maximum Gasteiger partial charge on any atom is 0.416 e. The number of rotatable bonds is 8. The second-order valence-electron chi connectivity index (χ2n) is 10.9. The van der Waals surface area contributed by atoms with Gasteiger partial charge in [0.05, 0.1) is 18.2 Å². The highest BCUT2D eigenvalue weighted by atomic mass is 19.4. The Morgan fingerprint density at radius 2 is 1.74 bits per heavy atom. The summed E-state index contributed by atoms with van der Waals surface area (Å²) in [5.74, 6) is -1.06. The average Bonchev–Trinajstić information content (AvgIpc) is 3.11. The SMILES string of the molecule is CNC(=O)NCc1ccccc1-c1ccc(CN2C(=O)[C@H](NC(=O)C(N)C(C)C)CCc3cc(C(F)(F)F)ccc32)cc1. The first-order valence-corrected chi connectivity index (χ1v) is 14.1. The van der Waals surface area contributed by atoms with Crippen LogP contribution in [0.15, 0.2) is 66.7 Å². The number of fused-ring (bicyclic) bond motifs is 1. The average molecular weight is 596 g/mol. The van der Waals surface area contributed by atoms with Crippen LogP contribution in [-0.4, -0.2) is 37.0 Å². The van der Waals surface area contributed by atoms with Crippen LogP contribution < -0.4 is 26.6 Å². The van der Waals surface area contributed by atoms with Gasteiger partial charge in [-0.25, -0.2) is 4.79 Å². The van der Waals surface area contributed by atoms with Crippen LogP contribution in [-0.2, 0) is 35.3 Å². The van der Waals surface area contributed by atoms with E-state index >= 15 is 0 Å². The molecule has 4 rings (SSSR count). The van der Waals surface area contributed by atoms with Crippen molar-refractivity contribution in [1.82, 2.24) is 16.0 Å². The number of hydrogen-bond donors (Lipinski definition) is 4. The van der Waals surface area contributed by atoms with E-state index in [9.17, 15) is 27.6 Å². The molecule has 0 bridgehead atoms. The molecule has 8 nitrogen and oxygen atoms in total. The van der Waals surface area contributed by atoms with Gasteiger partial charge in [-0.2, -0.15) is 13.2 Å². The van der Waals surface area contributed by atoms with Gasteiger partial charge in [-0.3, -0.25) is 9.59 Å². The molecule has 1 aliphatic heterocycles. The third-order valence-electron chi connectivity index (χ3n) is 7.59. The normalized spacial score (nSPS) is 15.9. The minimum absolute atomic E-state index is 0.0833. The molecule has 4 amide bonds. The standard InChI is InChI=1S/C32H36F3N5O3/c1-19(2)28(36)29(41)39-26-14-12-22-16-24(32(33,34)35)13-15-27(22)40(30(26)42)18-20-8-10-21(11-9-20)25-7-5-4-6-23(25)17-38-31(43)37-3/h4-11,13,15-16,19,26,28H,12,14,17-18,36H2,1-3H3,(H,39,41)(H2,37,38,43)/t26-,28?/m1/s1. The highest BCUT2D eigenvalue weighted by Crippen LogP contribution is 2.36. The second kappa shape index (κ2) is 13.3. The minimum atomic E-state index is -4.53. The molecular formula is C32H36F3N5O3. The first-order valence-electron chi connectivity index (χ1n) is 14.1. The van der Waals surface area contributed by atoms with E-state index in [2.05, 4.69) is 16.0 Å². The highest BCUT2D eigenvalue weighted by molar-refractivity contribution is 6.01. The molecule has 43 heavy (non-hydrogen) atoms. The van der Waals surface area contributed by atoms with Gasteiger partial charge in [-0.1, -0.05) is 62.4 Å². The molecule has 3 aromatic carbocycles. The lowest BCUT2D eigenvalue weighted by atomic mass is 9.98. The van der Waals surface area contributed by atoms with Crippen LogP contribution >= 0.6 is 0 Å². The van der Waals surface area contributed by atoms with Crippen LogP contribution in [0.5, 0.6) is 0 Å². The van der Waals surface area contributed by atoms with Crippen LogP contribution in [0.4, 0.5) is 23.7 Å². The molecule has 228 valence electrons. The topological polar surface area (TPSA) is 117 Å². The third-order valence-corrected chi connectivity index (χ3v) is 7.59. The van der Waals surface area contributed by atoms with Gasteiger partial charge in [0, 0.05) is 19.3 Å². The summed E-state index contributed by atoms with van der Waals surface area (Å²) in [5.41, 5.74) is 9.43. The number of benzene rings is 3. The molecule has 1 aliphatic rings. The predicted molar refractivity (Wildman–Crippen MR) is 159 cm³/mol. The number of carbonyl (C=O) groups is 3. The zero-order chi connectivity index (χ0) is 31.3. The first-order chi connectivity index (χ1) is 20.4. The second-order valence-corrected chi connectivity index (χ2v) is 10.9. The molecule has 0 saturated heterocycles. The summed E-state index contributed by atoms with van der Waals surface area (Å²) >= 11 is 0. The van der Waals surface area contributed by atoms with E-state index in [1.165, 1.54) is 11.0 Å². The Kier molecular flexibility index (Phi) is 9.75. The van der Waals surface area contributed by atoms with Crippen molar-refractivity contribution in [3.8, 4) is 11.1 Å². The van der Waals surface area contributed by atoms with Crippen molar-refractivity contribution in [2.24, 2.45) is 11.7 Å². The van der Waals surface area contributed by atoms with Gasteiger partial charge in [-0.15, -0.1) is 0 Å². The van der Waals surface area contributed by atoms with Gasteiger partial charge in [0.25, 0.3) is 0 Å². The Labute approximate surface area is 248 Å². The van der Waals surface area contributed by atoms with Crippen LogP contribution in [0.3, 0.4) is 0 Å². The van der Waals surface area contributed by atoms with E-state index in [4.69, 9.17) is 5.73 Å². The van der Waals surface area contributed by atoms with E-state index in [-0.39, 0.29) is 31.3 Å². The number of halogens is 3. The third kappa shape index (κ3) is 7.53. The quantitative estimate of drug-likeness (QED) is 0.301. The molecule has 0 radical (unpaired) electrons. The van der Waals surface area contributed by atoms with Gasteiger partial charge in [0.1, 0.15) is 6.04 Å². The Balaban J connectivity index is 1.63. The number of nitrogens with zero attached hydrogens (tertiary/aromatic N) is 1. The maximum atomic E-state index is 13.8. The van der Waals surface area contributed by atoms with E-state index in [0.717, 1.165) is 34.4 Å². The monoisotopic (exact) mass is 595 g/mol. The Morgan fingerprint density at radius 3 is 2.40 bits per heavy atom. The summed E-state index contributed by atoms with van der Waals surface area (Å²) in [6.07, 6.45) is -4.22. The highest BCUT2D eigenvalue weighted by Gasteiger charge is 2.36. The molecule has 0 spiro atoms. The molecular weight excluding hydrogens is 559 g/mol. The Hall–Kier alpha value is -4.38. The number of hydrogen-bond acceptors (Lipinski definition) is 4. The summed E-state index contributed by atoms with van der Waals surface area (Å²) in [6.45, 7) is 3.99. The zero-order valence-electron chi connectivity index (χ0n) is 24.3. The number of amides is 4. The summed E-state index contributed by atoms with van der Waals surface area (Å²) < 4.78 is 40.6. The summed E-state index contributed by atoms with van der Waals surface area (Å²) in [4.78, 5) is 39.7. The maximum absolute atomic E-state index is 13.8. The number of urea groups is 1. The van der Waals surface area contributed by atoms with Gasteiger partial charge in [-0.05, 0) is 64.8 Å². The zero-order valence-corrected chi connectivity index (χ0v) is 24.3. The number of aryl methyl sites for hydroxylation is 1. The lowest BCUT2D eigenvalue weighted by Crippen LogP contribution is -2.53. The van der Waals surface area contributed by atoms with Crippen molar-refractivity contribution in [3.05, 3.63) is 89.0 Å². The van der Waals surface area contributed by atoms with Crippen molar-refractivity contribution in [2.75, 3.05) is 11.9 Å². The van der Waals surface area contributed by atoms with Gasteiger partial charge in [0.15, 0.2) is 0 Å². The van der Waals surface area contributed by atoms with Crippen LogP contribution in [0, 0.1) is 5.92 Å². The van der Waals surface area contributed by atoms with E-state index in [1.807, 2.05) is 48.5 Å². The van der Waals surface area contributed by atoms with Gasteiger partial charge in [0.2, 0.25) is 11.8 Å². The number of nitrogens with two attached hydrogens (primary N) is 1.